The SMILES string of the molecule is CCOc1nc(N)c2nc(Br)n(Cc3cc(C#N)ccc3F)c2n1. The number of halogens is 2. The van der Waals surface area contributed by atoms with E-state index < -0.39 is 5.82 Å². The average molecular weight is 391 g/mol. The molecule has 0 amide bonds. The number of aromatic nitrogens is 4. The molecule has 24 heavy (non-hydrogen) atoms. The molecule has 3 rings (SSSR count). The second-order valence-corrected chi connectivity index (χ2v) is 5.59. The van der Waals surface area contributed by atoms with E-state index in [2.05, 4.69) is 30.9 Å². The van der Waals surface area contributed by atoms with Gasteiger partial charge in [-0.25, -0.2) is 9.37 Å². The number of hydrogen-bond donors (Lipinski definition) is 1. The molecular formula is C15H12BrFN6O. The first-order valence-corrected chi connectivity index (χ1v) is 7.83. The number of nitrogen functional groups attached to an aromatic ring is 1. The Morgan fingerprint density at radius 1 is 1.38 bits per heavy atom. The molecule has 0 fully saturated rings. The van der Waals surface area contributed by atoms with Crippen LogP contribution in [0.15, 0.2) is 22.9 Å². The van der Waals surface area contributed by atoms with Gasteiger partial charge in [0.25, 0.3) is 0 Å². The molecule has 2 aromatic heterocycles. The van der Waals surface area contributed by atoms with Crippen molar-refractivity contribution in [2.75, 3.05) is 12.3 Å². The lowest BCUT2D eigenvalue weighted by atomic mass is 10.1. The highest BCUT2D eigenvalue weighted by atomic mass is 79.9. The van der Waals surface area contributed by atoms with Crippen LogP contribution in [0, 0.1) is 17.1 Å². The zero-order valence-corrected chi connectivity index (χ0v) is 14.2. The molecule has 0 bridgehead atoms. The lowest BCUT2D eigenvalue weighted by molar-refractivity contribution is 0.314. The van der Waals surface area contributed by atoms with Gasteiger partial charge >= 0.3 is 6.01 Å². The molecule has 1 aromatic carbocycles. The summed E-state index contributed by atoms with van der Waals surface area (Å²) in [6, 6.07) is 6.29. The van der Waals surface area contributed by atoms with Crippen molar-refractivity contribution in [3.8, 4) is 12.1 Å². The lowest BCUT2D eigenvalue weighted by Gasteiger charge is -2.08. The number of rotatable bonds is 4. The minimum absolute atomic E-state index is 0.125. The second kappa shape index (κ2) is 6.41. The van der Waals surface area contributed by atoms with Crippen LogP contribution in [0.5, 0.6) is 6.01 Å². The Hall–Kier alpha value is -2.73. The standard InChI is InChI=1S/C15H12BrFN6O/c1-2-24-15-21-12(19)11-13(22-15)23(14(16)20-11)7-9-5-8(6-18)3-4-10(9)17/h3-5H,2,7H2,1H3,(H2,19,21,22). The van der Waals surface area contributed by atoms with Crippen molar-refractivity contribution in [1.82, 2.24) is 19.5 Å². The van der Waals surface area contributed by atoms with Gasteiger partial charge in [-0.3, -0.25) is 4.57 Å². The van der Waals surface area contributed by atoms with E-state index in [1.807, 2.05) is 6.07 Å². The van der Waals surface area contributed by atoms with Crippen LogP contribution in [-0.2, 0) is 6.54 Å². The largest absolute Gasteiger partial charge is 0.464 e. The summed E-state index contributed by atoms with van der Waals surface area (Å²) in [5, 5.41) is 8.98. The third kappa shape index (κ3) is 2.88. The Morgan fingerprint density at radius 3 is 2.88 bits per heavy atom. The molecule has 2 N–H and O–H groups in total. The number of nitrogens with two attached hydrogens (primary N) is 1. The first-order chi connectivity index (χ1) is 11.5. The molecule has 0 unspecified atom stereocenters. The maximum atomic E-state index is 14.1. The zero-order chi connectivity index (χ0) is 17.3. The number of ether oxygens (including phenoxy) is 1. The van der Waals surface area contributed by atoms with Gasteiger partial charge in [-0.2, -0.15) is 15.2 Å². The summed E-state index contributed by atoms with van der Waals surface area (Å²) in [7, 11) is 0. The highest BCUT2D eigenvalue weighted by molar-refractivity contribution is 9.10. The van der Waals surface area contributed by atoms with Crippen LogP contribution in [-0.4, -0.2) is 26.1 Å². The Bertz CT molecular complexity index is 965. The van der Waals surface area contributed by atoms with Crippen LogP contribution in [0.1, 0.15) is 18.1 Å². The first-order valence-electron chi connectivity index (χ1n) is 7.04. The molecule has 0 aliphatic heterocycles. The van der Waals surface area contributed by atoms with Gasteiger partial charge in [-0.1, -0.05) is 0 Å². The minimum Gasteiger partial charge on any atom is -0.464 e. The highest BCUT2D eigenvalue weighted by Gasteiger charge is 2.17. The molecular weight excluding hydrogens is 379 g/mol. The number of nitrogens with zero attached hydrogens (tertiary/aromatic N) is 5. The number of nitriles is 1. The van der Waals surface area contributed by atoms with Gasteiger partial charge in [0, 0.05) is 5.56 Å². The predicted molar refractivity (Wildman–Crippen MR) is 88.8 cm³/mol. The Morgan fingerprint density at radius 2 is 2.17 bits per heavy atom. The molecule has 0 spiro atoms. The molecule has 0 radical (unpaired) electrons. The number of hydrogen-bond acceptors (Lipinski definition) is 6. The van der Waals surface area contributed by atoms with E-state index in [4.69, 9.17) is 15.7 Å². The molecule has 0 saturated heterocycles. The number of imidazole rings is 1. The average Bonchev–Trinajstić information content (AvgIpc) is 2.87. The molecule has 0 saturated carbocycles. The van der Waals surface area contributed by atoms with E-state index >= 15 is 0 Å². The highest BCUT2D eigenvalue weighted by Crippen LogP contribution is 2.26. The monoisotopic (exact) mass is 390 g/mol. The van der Waals surface area contributed by atoms with Crippen LogP contribution in [0.3, 0.4) is 0 Å². The molecule has 0 aliphatic rings. The van der Waals surface area contributed by atoms with Gasteiger partial charge in [0.1, 0.15) is 5.82 Å². The zero-order valence-electron chi connectivity index (χ0n) is 12.6. The van der Waals surface area contributed by atoms with Crippen molar-refractivity contribution < 1.29 is 9.13 Å². The van der Waals surface area contributed by atoms with E-state index in [1.165, 1.54) is 18.2 Å². The van der Waals surface area contributed by atoms with Crippen LogP contribution in [0.2, 0.25) is 0 Å². The fourth-order valence-electron chi connectivity index (χ4n) is 2.24. The van der Waals surface area contributed by atoms with E-state index in [-0.39, 0.29) is 18.4 Å². The van der Waals surface area contributed by atoms with Crippen molar-refractivity contribution in [3.63, 3.8) is 0 Å². The fraction of sp³-hybridized carbons (Fsp3) is 0.200. The normalized spacial score (nSPS) is 10.8. The van der Waals surface area contributed by atoms with Crippen LogP contribution in [0.4, 0.5) is 10.2 Å². The number of fused-ring (bicyclic) bond motifs is 1. The lowest BCUT2D eigenvalue weighted by Crippen LogP contribution is -2.06. The van der Waals surface area contributed by atoms with Crippen molar-refractivity contribution in [2.24, 2.45) is 0 Å². The van der Waals surface area contributed by atoms with Crippen LogP contribution < -0.4 is 10.5 Å². The topological polar surface area (TPSA) is 103 Å². The van der Waals surface area contributed by atoms with E-state index in [0.717, 1.165) is 0 Å². The molecule has 0 atom stereocenters. The molecule has 3 aromatic rings. The van der Waals surface area contributed by atoms with Crippen molar-refractivity contribution >= 4 is 32.9 Å². The third-order valence-corrected chi connectivity index (χ3v) is 3.94. The van der Waals surface area contributed by atoms with Crippen molar-refractivity contribution in [1.29, 1.82) is 5.26 Å². The second-order valence-electron chi connectivity index (χ2n) is 4.88. The minimum atomic E-state index is -0.421. The summed E-state index contributed by atoms with van der Waals surface area (Å²) in [5.41, 5.74) is 7.41. The molecule has 9 heteroatoms. The number of benzene rings is 1. The Balaban J connectivity index is 2.12. The number of anilines is 1. The maximum Gasteiger partial charge on any atom is 0.320 e. The van der Waals surface area contributed by atoms with Gasteiger partial charge in [-0.05, 0) is 41.1 Å². The summed E-state index contributed by atoms with van der Waals surface area (Å²) in [6.07, 6.45) is 0. The summed E-state index contributed by atoms with van der Waals surface area (Å²) in [4.78, 5) is 12.6. The summed E-state index contributed by atoms with van der Waals surface area (Å²) >= 11 is 3.33. The van der Waals surface area contributed by atoms with E-state index in [9.17, 15) is 4.39 Å². The van der Waals surface area contributed by atoms with Gasteiger partial charge in [-0.15, -0.1) is 0 Å². The fourth-order valence-corrected chi connectivity index (χ4v) is 2.71. The van der Waals surface area contributed by atoms with Gasteiger partial charge in [0.2, 0.25) is 0 Å². The Labute approximate surface area is 145 Å². The predicted octanol–water partition coefficient (Wildman–Crippen LogP) is 2.63. The molecule has 2 heterocycles. The van der Waals surface area contributed by atoms with Gasteiger partial charge in [0.15, 0.2) is 21.7 Å². The summed E-state index contributed by atoms with van der Waals surface area (Å²) in [5.74, 6) is -0.246. The van der Waals surface area contributed by atoms with Crippen molar-refractivity contribution in [3.05, 3.63) is 39.9 Å². The molecule has 122 valence electrons. The van der Waals surface area contributed by atoms with E-state index in [1.54, 1.807) is 11.5 Å². The smallest absolute Gasteiger partial charge is 0.320 e. The van der Waals surface area contributed by atoms with Gasteiger partial charge < -0.3 is 10.5 Å². The summed E-state index contributed by atoms with van der Waals surface area (Å²) in [6.45, 7) is 2.32. The van der Waals surface area contributed by atoms with Crippen molar-refractivity contribution in [2.45, 2.75) is 13.5 Å². The van der Waals surface area contributed by atoms with Crippen LogP contribution >= 0.6 is 15.9 Å². The molecule has 0 aliphatic carbocycles. The third-order valence-electron chi connectivity index (χ3n) is 3.33. The summed E-state index contributed by atoms with van der Waals surface area (Å²) < 4.78 is 21.4. The maximum absolute atomic E-state index is 14.1. The quantitative estimate of drug-likeness (QED) is 0.686. The Kier molecular flexibility index (Phi) is 4.31. The van der Waals surface area contributed by atoms with Gasteiger partial charge in [0.05, 0.1) is 24.8 Å². The van der Waals surface area contributed by atoms with Crippen LogP contribution in [0.25, 0.3) is 11.2 Å². The first kappa shape index (κ1) is 16.1. The van der Waals surface area contributed by atoms with E-state index in [0.29, 0.717) is 33.6 Å². The molecule has 7 nitrogen and oxygen atoms in total.